The first-order valence-corrected chi connectivity index (χ1v) is 15.9. The summed E-state index contributed by atoms with van der Waals surface area (Å²) in [5, 5.41) is 14.4. The highest BCUT2D eigenvalue weighted by Gasteiger charge is 2.22. The van der Waals surface area contributed by atoms with Crippen LogP contribution in [0, 0.1) is 5.92 Å². The van der Waals surface area contributed by atoms with Gasteiger partial charge in [0.2, 0.25) is 0 Å². The summed E-state index contributed by atoms with van der Waals surface area (Å²) in [6.07, 6.45) is 2.78. The van der Waals surface area contributed by atoms with Crippen LogP contribution in [-0.2, 0) is 0 Å². The number of halogens is 2. The van der Waals surface area contributed by atoms with E-state index < -0.39 is 6.10 Å². The Morgan fingerprint density at radius 3 is 2.24 bits per heavy atom. The lowest BCUT2D eigenvalue weighted by Gasteiger charge is -2.30. The molecule has 4 aromatic rings. The summed E-state index contributed by atoms with van der Waals surface area (Å²) >= 11 is 11.8. The Morgan fingerprint density at radius 2 is 1.64 bits per heavy atom. The van der Waals surface area contributed by atoms with E-state index >= 15 is 0 Å². The van der Waals surface area contributed by atoms with Crippen molar-refractivity contribution in [2.45, 2.75) is 45.8 Å². The number of allylic oxidation sites excluding steroid dienone is 1. The molecule has 45 heavy (non-hydrogen) atoms. The van der Waals surface area contributed by atoms with E-state index in [0.717, 1.165) is 62.4 Å². The molecule has 0 aliphatic carbocycles. The minimum absolute atomic E-state index is 0.0194. The summed E-state index contributed by atoms with van der Waals surface area (Å²) in [6, 6.07) is 23.3. The zero-order valence-corrected chi connectivity index (χ0v) is 28.2. The maximum Gasteiger partial charge on any atom is 0.119 e. The molecule has 3 aromatic carbocycles. The number of nitrogens with two attached hydrogens (primary N) is 1. The van der Waals surface area contributed by atoms with Crippen LogP contribution < -0.4 is 15.3 Å². The highest BCUT2D eigenvalue weighted by atomic mass is 35.5. The Balaban J connectivity index is 0.000000525. The first-order chi connectivity index (χ1) is 21.6. The number of aromatic nitrogens is 1. The summed E-state index contributed by atoms with van der Waals surface area (Å²) in [5.41, 5.74) is 4.05. The molecule has 2 atom stereocenters. The minimum atomic E-state index is -0.597. The fraction of sp³-hybridized carbons (Fsp3) is 0.333. The lowest BCUT2D eigenvalue weighted by atomic mass is 10.0. The molecule has 7 nitrogen and oxygen atoms in total. The third-order valence-corrected chi connectivity index (χ3v) is 7.84. The van der Waals surface area contributed by atoms with E-state index in [2.05, 4.69) is 48.2 Å². The van der Waals surface area contributed by atoms with Gasteiger partial charge in [-0.3, -0.25) is 0 Å². The van der Waals surface area contributed by atoms with E-state index in [9.17, 15) is 5.11 Å². The first kappa shape index (κ1) is 35.9. The number of fused-ring (bicyclic) bond motifs is 1. The van der Waals surface area contributed by atoms with Gasteiger partial charge in [0, 0.05) is 45.3 Å². The van der Waals surface area contributed by atoms with Crippen molar-refractivity contribution in [1.29, 1.82) is 0 Å². The molecule has 242 valence electrons. The lowest BCUT2D eigenvalue weighted by molar-refractivity contribution is 0.101. The van der Waals surface area contributed by atoms with Gasteiger partial charge in [0.15, 0.2) is 0 Å². The van der Waals surface area contributed by atoms with Crippen LogP contribution in [0.25, 0.3) is 10.9 Å². The van der Waals surface area contributed by atoms with Crippen molar-refractivity contribution in [1.82, 2.24) is 14.9 Å². The van der Waals surface area contributed by atoms with Crippen LogP contribution in [0.15, 0.2) is 97.9 Å². The van der Waals surface area contributed by atoms with E-state index in [1.165, 1.54) is 5.01 Å². The molecule has 0 amide bonds. The number of hydrogen-bond acceptors (Lipinski definition) is 6. The predicted octanol–water partition coefficient (Wildman–Crippen LogP) is 8.59. The molecule has 0 aliphatic heterocycles. The fourth-order valence-electron chi connectivity index (χ4n) is 4.80. The molecule has 1 heterocycles. The van der Waals surface area contributed by atoms with Crippen molar-refractivity contribution in [2.75, 3.05) is 26.8 Å². The Hall–Kier alpha value is -3.62. The number of ether oxygens (including phenoxy) is 2. The van der Waals surface area contributed by atoms with Crippen molar-refractivity contribution in [2.24, 2.45) is 11.8 Å². The molecule has 4 rings (SSSR count). The monoisotopic (exact) mass is 652 g/mol. The summed E-state index contributed by atoms with van der Waals surface area (Å²) in [4.78, 5) is 5.80. The summed E-state index contributed by atoms with van der Waals surface area (Å²) in [7, 11) is 1.63. The number of aliphatic hydroxyl groups is 1. The molecule has 4 N–H and O–H groups in total. The SMILES string of the molecule is C=CN(CCC)C(c1ccc(OCCC(O)CN(N)C(=C)C(C)C)cc1)c1cc2cc(Cl)ccc2[nH]1.COc1ccc(Cl)cc1. The largest absolute Gasteiger partial charge is 0.497 e. The van der Waals surface area contributed by atoms with Crippen LogP contribution in [0.5, 0.6) is 11.5 Å². The average molecular weight is 654 g/mol. The molecular formula is C36H46Cl2N4O3. The standard InChI is InChI=1S/C29H39ClN4O2.C7H7ClO/c1-6-15-33(7-2)29(28-18-23-17-24(30)10-13-27(23)32-28)22-8-11-26(12-9-22)36-16-14-25(35)19-34(31)21(5)20(3)4;1-9-7-4-2-6(8)3-5-7/h7-13,17-18,20,25,29,32,35H,2,5-6,14-16,19,31H2,1,3-4H3;2-5H,1H3. The second-order valence-electron chi connectivity index (χ2n) is 11.1. The summed E-state index contributed by atoms with van der Waals surface area (Å²) in [5.74, 6) is 7.82. The zero-order valence-electron chi connectivity index (χ0n) is 26.7. The molecule has 0 radical (unpaired) electrons. The molecule has 0 saturated carbocycles. The highest BCUT2D eigenvalue weighted by molar-refractivity contribution is 6.31. The molecule has 0 saturated heterocycles. The van der Waals surface area contributed by atoms with E-state index in [0.29, 0.717) is 19.6 Å². The van der Waals surface area contributed by atoms with Gasteiger partial charge in [0.25, 0.3) is 0 Å². The van der Waals surface area contributed by atoms with E-state index in [-0.39, 0.29) is 12.0 Å². The van der Waals surface area contributed by atoms with Gasteiger partial charge < -0.3 is 29.5 Å². The van der Waals surface area contributed by atoms with Crippen LogP contribution in [0.2, 0.25) is 10.0 Å². The lowest BCUT2D eigenvalue weighted by Crippen LogP contribution is -2.38. The van der Waals surface area contributed by atoms with E-state index in [4.69, 9.17) is 38.5 Å². The number of rotatable bonds is 15. The Labute approximate surface area is 277 Å². The van der Waals surface area contributed by atoms with E-state index in [1.807, 2.05) is 62.5 Å². The van der Waals surface area contributed by atoms with Crippen LogP contribution in [0.1, 0.15) is 50.9 Å². The molecule has 0 spiro atoms. The van der Waals surface area contributed by atoms with Gasteiger partial charge in [-0.25, -0.2) is 5.84 Å². The van der Waals surface area contributed by atoms with Gasteiger partial charge in [-0.1, -0.05) is 69.3 Å². The van der Waals surface area contributed by atoms with Gasteiger partial charge in [-0.05, 0) is 84.8 Å². The molecule has 1 aromatic heterocycles. The number of aromatic amines is 1. The Morgan fingerprint density at radius 1 is 1.00 bits per heavy atom. The number of nitrogens with zero attached hydrogens (tertiary/aromatic N) is 2. The second kappa shape index (κ2) is 17.8. The number of hydrogen-bond donors (Lipinski definition) is 3. The summed E-state index contributed by atoms with van der Waals surface area (Å²) < 4.78 is 10.8. The molecule has 0 bridgehead atoms. The number of hydrazine groups is 1. The van der Waals surface area contributed by atoms with Gasteiger partial charge in [-0.15, -0.1) is 0 Å². The first-order valence-electron chi connectivity index (χ1n) is 15.1. The normalized spacial score (nSPS) is 12.2. The Kier molecular flexibility index (Phi) is 14.2. The maximum atomic E-state index is 10.3. The van der Waals surface area contributed by atoms with Crippen molar-refractivity contribution in [3.63, 3.8) is 0 Å². The number of benzene rings is 3. The maximum absolute atomic E-state index is 10.3. The number of methoxy groups -OCH3 is 1. The number of H-pyrrole nitrogens is 1. The third-order valence-electron chi connectivity index (χ3n) is 7.35. The van der Waals surface area contributed by atoms with Crippen LogP contribution in [0.3, 0.4) is 0 Å². The summed E-state index contributed by atoms with van der Waals surface area (Å²) in [6.45, 7) is 15.8. The average Bonchev–Trinajstić information content (AvgIpc) is 3.44. The van der Waals surface area contributed by atoms with Crippen molar-refractivity contribution < 1.29 is 14.6 Å². The smallest absolute Gasteiger partial charge is 0.119 e. The Bertz CT molecular complexity index is 1490. The predicted molar refractivity (Wildman–Crippen MR) is 188 cm³/mol. The van der Waals surface area contributed by atoms with Crippen LogP contribution in [-0.4, -0.2) is 52.9 Å². The molecule has 2 unspecified atom stereocenters. The molecule has 0 aliphatic rings. The van der Waals surface area contributed by atoms with Gasteiger partial charge in [-0.2, -0.15) is 0 Å². The quantitative estimate of drug-likeness (QED) is 0.0880. The number of aliphatic hydroxyl groups excluding tert-OH is 1. The van der Waals surface area contributed by atoms with Crippen LogP contribution in [0.4, 0.5) is 0 Å². The van der Waals surface area contributed by atoms with Gasteiger partial charge in [0.05, 0.1) is 32.4 Å². The van der Waals surface area contributed by atoms with Gasteiger partial charge >= 0.3 is 0 Å². The second-order valence-corrected chi connectivity index (χ2v) is 12.0. The van der Waals surface area contributed by atoms with Crippen LogP contribution >= 0.6 is 23.2 Å². The molecule has 0 fully saturated rings. The van der Waals surface area contributed by atoms with E-state index in [1.54, 1.807) is 19.2 Å². The van der Waals surface area contributed by atoms with Crippen molar-refractivity contribution in [3.8, 4) is 11.5 Å². The number of nitrogens with one attached hydrogen (secondary N) is 1. The van der Waals surface area contributed by atoms with Crippen molar-refractivity contribution >= 4 is 34.1 Å². The molecular weight excluding hydrogens is 607 g/mol. The van der Waals surface area contributed by atoms with Gasteiger partial charge in [0.1, 0.15) is 11.5 Å². The topological polar surface area (TPSA) is 87.0 Å². The minimum Gasteiger partial charge on any atom is -0.497 e. The van der Waals surface area contributed by atoms with Crippen molar-refractivity contribution in [3.05, 3.63) is 119 Å². The highest BCUT2D eigenvalue weighted by Crippen LogP contribution is 2.33. The fourth-order valence-corrected chi connectivity index (χ4v) is 5.11. The molecule has 9 heteroatoms. The zero-order chi connectivity index (χ0) is 32.9. The third kappa shape index (κ3) is 10.8.